The van der Waals surface area contributed by atoms with Crippen LogP contribution < -0.4 is 5.32 Å². The van der Waals surface area contributed by atoms with Crippen LogP contribution in [0, 0.1) is 20.9 Å². The first-order valence-corrected chi connectivity index (χ1v) is 14.4. The van der Waals surface area contributed by atoms with Crippen LogP contribution in [0.1, 0.15) is 44.2 Å². The minimum atomic E-state index is -0.399. The summed E-state index contributed by atoms with van der Waals surface area (Å²) in [6, 6.07) is 11.4. The van der Waals surface area contributed by atoms with Gasteiger partial charge in [0.05, 0.1) is 33.3 Å². The Kier molecular flexibility index (Phi) is 9.90. The molecule has 0 bridgehead atoms. The van der Waals surface area contributed by atoms with Gasteiger partial charge in [-0.1, -0.05) is 47.5 Å². The summed E-state index contributed by atoms with van der Waals surface area (Å²) in [5.41, 5.74) is 4.08. The van der Waals surface area contributed by atoms with Crippen LogP contribution in [0.5, 0.6) is 0 Å². The van der Waals surface area contributed by atoms with Gasteiger partial charge in [-0.2, -0.15) is 0 Å². The van der Waals surface area contributed by atoms with Gasteiger partial charge in [-0.15, -0.1) is 11.6 Å². The maximum atomic E-state index is 11.8. The molecule has 0 saturated carbocycles. The van der Waals surface area contributed by atoms with Crippen molar-refractivity contribution < 1.29 is 4.92 Å². The summed E-state index contributed by atoms with van der Waals surface area (Å²) in [6.07, 6.45) is 5.94. The van der Waals surface area contributed by atoms with Gasteiger partial charge >= 0.3 is 0 Å². The number of hydrogen-bond acceptors (Lipinski definition) is 6. The summed E-state index contributed by atoms with van der Waals surface area (Å²) in [5, 5.41) is 31.9. The highest BCUT2D eigenvalue weighted by Gasteiger charge is 2.28. The van der Waals surface area contributed by atoms with Gasteiger partial charge in [0.25, 0.3) is 0 Å². The highest BCUT2D eigenvalue weighted by Crippen LogP contribution is 2.38. The van der Waals surface area contributed by atoms with Crippen LogP contribution >= 0.6 is 34.8 Å². The molecule has 212 valence electrons. The number of halogens is 3. The van der Waals surface area contributed by atoms with Crippen molar-refractivity contribution in [2.75, 3.05) is 18.4 Å². The number of nitrogens with one attached hydrogen (secondary N) is 3. The first kappa shape index (κ1) is 30.1. The molecule has 0 spiro atoms. The second-order valence-corrected chi connectivity index (χ2v) is 11.5. The normalized spacial score (nSPS) is 18.1. The first-order chi connectivity index (χ1) is 19.0. The fourth-order valence-corrected chi connectivity index (χ4v) is 6.31. The molecule has 1 aliphatic heterocycles. The number of anilines is 1. The van der Waals surface area contributed by atoms with Gasteiger partial charge in [0, 0.05) is 46.9 Å². The number of amidine groups is 2. The molecular formula is C29H33Cl3N6O2. The minimum absolute atomic E-state index is 0.124. The summed E-state index contributed by atoms with van der Waals surface area (Å²) in [5.74, 6) is 0.770. The quantitative estimate of drug-likeness (QED) is 0.0953. The lowest BCUT2D eigenvalue weighted by molar-refractivity contribution is -0.496. The van der Waals surface area contributed by atoms with Gasteiger partial charge in [-0.3, -0.25) is 25.8 Å². The highest BCUT2D eigenvalue weighted by atomic mass is 35.5. The zero-order valence-electron chi connectivity index (χ0n) is 22.5. The number of hydrogen-bond donors (Lipinski definition) is 3. The molecule has 1 saturated heterocycles. The van der Waals surface area contributed by atoms with Gasteiger partial charge in [0.15, 0.2) is 0 Å². The zero-order chi connectivity index (χ0) is 29.0. The van der Waals surface area contributed by atoms with Crippen LogP contribution in [0.2, 0.25) is 5.02 Å². The fraction of sp³-hybridized carbons (Fsp3) is 0.379. The lowest BCUT2D eigenvalue weighted by Gasteiger charge is -2.38. The number of likely N-dealkylation sites (tertiary alicyclic amines) is 1. The third-order valence-corrected chi connectivity index (χ3v) is 8.31. The third kappa shape index (κ3) is 7.04. The monoisotopic (exact) mass is 602 g/mol. The number of nitrogens with zero attached hydrogens (tertiary/aromatic N) is 3. The van der Waals surface area contributed by atoms with Gasteiger partial charge in [0.1, 0.15) is 0 Å². The maximum absolute atomic E-state index is 11.8. The minimum Gasteiger partial charge on any atom is -0.356 e. The van der Waals surface area contributed by atoms with Crippen LogP contribution in [0.4, 0.5) is 5.69 Å². The number of nitro groups is 1. The Bertz CT molecular complexity index is 1350. The van der Waals surface area contributed by atoms with Crippen molar-refractivity contribution in [3.63, 3.8) is 0 Å². The molecule has 11 heteroatoms. The van der Waals surface area contributed by atoms with Gasteiger partial charge in [-0.25, -0.2) is 0 Å². The lowest BCUT2D eigenvalue weighted by Crippen LogP contribution is -2.48. The average Bonchev–Trinajstić information content (AvgIpc) is 2.88. The zero-order valence-corrected chi connectivity index (χ0v) is 24.8. The Morgan fingerprint density at radius 3 is 2.40 bits per heavy atom. The standard InChI is InChI=1S/C29H33Cl3N6O2/c1-18(33)38(19(2)34)21-10-12-36(13-11-21)16-20-14-23(22-6-3-4-7-25(22)30)24(17-37(39)40)28(15-20)35-29-26(31)8-5-9-27(29)32/h3-8,14-15,21,27,33-35H,9-13,16-17H2,1-2H3. The molecule has 2 aromatic carbocycles. The molecule has 0 aromatic heterocycles. The largest absolute Gasteiger partial charge is 0.356 e. The van der Waals surface area contributed by atoms with Crippen molar-refractivity contribution >= 4 is 52.2 Å². The Morgan fingerprint density at radius 1 is 1.12 bits per heavy atom. The Hall–Kier alpha value is -2.91. The Balaban J connectivity index is 1.71. The molecule has 0 radical (unpaired) electrons. The van der Waals surface area contributed by atoms with Crippen molar-refractivity contribution in [3.8, 4) is 11.1 Å². The van der Waals surface area contributed by atoms with Gasteiger partial charge in [-0.05, 0) is 68.5 Å². The summed E-state index contributed by atoms with van der Waals surface area (Å²) in [7, 11) is 0. The van der Waals surface area contributed by atoms with E-state index in [4.69, 9.17) is 45.6 Å². The SMILES string of the molecule is CC(=N)N(C(C)=N)C1CCN(Cc2cc(NC3=C(Cl)C=CCC3Cl)c(C[N+](=O)[O-])c(-c3ccccc3Cl)c2)CC1. The van der Waals surface area contributed by atoms with Crippen molar-refractivity contribution in [1.82, 2.24) is 9.80 Å². The molecule has 1 aliphatic carbocycles. The van der Waals surface area contributed by atoms with Crippen LogP contribution in [-0.4, -0.2) is 50.9 Å². The summed E-state index contributed by atoms with van der Waals surface area (Å²) in [6.45, 7) is 5.27. The van der Waals surface area contributed by atoms with Crippen molar-refractivity contribution in [3.05, 3.63) is 85.5 Å². The second-order valence-electron chi connectivity index (χ2n) is 10.2. The number of rotatable bonds is 8. The number of piperidine rings is 1. The second kappa shape index (κ2) is 13.2. The molecule has 1 atom stereocenters. The molecule has 4 rings (SSSR count). The van der Waals surface area contributed by atoms with E-state index in [1.54, 1.807) is 30.9 Å². The maximum Gasteiger partial charge on any atom is 0.231 e. The van der Waals surface area contributed by atoms with Gasteiger partial charge < -0.3 is 10.2 Å². The molecule has 1 unspecified atom stereocenters. The summed E-state index contributed by atoms with van der Waals surface area (Å²) < 4.78 is 0. The van der Waals surface area contributed by atoms with E-state index in [1.165, 1.54) is 0 Å². The fourth-order valence-electron chi connectivity index (χ4n) is 5.48. The topological polar surface area (TPSA) is 109 Å². The summed E-state index contributed by atoms with van der Waals surface area (Å²) >= 11 is 19.7. The van der Waals surface area contributed by atoms with Crippen LogP contribution in [-0.2, 0) is 13.1 Å². The van der Waals surface area contributed by atoms with E-state index in [1.807, 2.05) is 36.4 Å². The molecule has 2 aliphatic rings. The smallest absolute Gasteiger partial charge is 0.231 e. The predicted octanol–water partition coefficient (Wildman–Crippen LogP) is 7.47. The van der Waals surface area contributed by atoms with Gasteiger partial charge in [0.2, 0.25) is 6.54 Å². The van der Waals surface area contributed by atoms with Crippen molar-refractivity contribution in [2.24, 2.45) is 0 Å². The van der Waals surface area contributed by atoms with E-state index in [-0.39, 0.29) is 16.3 Å². The van der Waals surface area contributed by atoms with E-state index in [9.17, 15) is 10.1 Å². The van der Waals surface area contributed by atoms with E-state index in [0.717, 1.165) is 31.5 Å². The molecule has 8 nitrogen and oxygen atoms in total. The first-order valence-electron chi connectivity index (χ1n) is 13.2. The average molecular weight is 604 g/mol. The van der Waals surface area contributed by atoms with E-state index < -0.39 is 6.54 Å². The summed E-state index contributed by atoms with van der Waals surface area (Å²) in [4.78, 5) is 15.6. The van der Waals surface area contributed by atoms with Crippen molar-refractivity contribution in [1.29, 1.82) is 10.8 Å². The molecule has 40 heavy (non-hydrogen) atoms. The lowest BCUT2D eigenvalue weighted by atomic mass is 9.94. The Labute approximate surface area is 249 Å². The van der Waals surface area contributed by atoms with E-state index in [2.05, 4.69) is 10.2 Å². The van der Waals surface area contributed by atoms with Crippen LogP contribution in [0.25, 0.3) is 11.1 Å². The molecule has 1 fully saturated rings. The third-order valence-electron chi connectivity index (χ3n) is 7.26. The molecule has 2 aromatic rings. The van der Waals surface area contributed by atoms with Crippen molar-refractivity contribution in [2.45, 2.75) is 57.6 Å². The van der Waals surface area contributed by atoms with Crippen LogP contribution in [0.15, 0.2) is 59.3 Å². The number of benzene rings is 2. The van der Waals surface area contributed by atoms with Crippen LogP contribution in [0.3, 0.4) is 0 Å². The highest BCUT2D eigenvalue weighted by molar-refractivity contribution is 6.34. The molecular weight excluding hydrogens is 571 g/mol. The van der Waals surface area contributed by atoms with E-state index >= 15 is 0 Å². The van der Waals surface area contributed by atoms with E-state index in [0.29, 0.717) is 62.8 Å². The molecule has 3 N–H and O–H groups in total. The number of alkyl halides is 1. The molecule has 0 amide bonds. The number of allylic oxidation sites excluding steroid dienone is 4. The Morgan fingerprint density at radius 2 is 1.80 bits per heavy atom. The molecule has 1 heterocycles. The predicted molar refractivity (Wildman–Crippen MR) is 164 cm³/mol.